The fourth-order valence-corrected chi connectivity index (χ4v) is 3.32. The van der Waals surface area contributed by atoms with Gasteiger partial charge in [-0.3, -0.25) is 10.1 Å². The second-order valence-corrected chi connectivity index (χ2v) is 6.31. The van der Waals surface area contributed by atoms with Crippen molar-refractivity contribution in [2.45, 2.75) is 77.7 Å². The van der Waals surface area contributed by atoms with Crippen molar-refractivity contribution in [1.29, 1.82) is 0 Å². The molecule has 0 spiro atoms. The first-order valence-electron chi connectivity index (χ1n) is 7.74. The third-order valence-electron chi connectivity index (χ3n) is 4.32. The molecule has 2 rings (SSSR count). The number of nitrogens with one attached hydrogen (secondary N) is 1. The molecule has 1 N–H and O–H groups in total. The van der Waals surface area contributed by atoms with E-state index in [-0.39, 0.29) is 30.3 Å². The molecule has 4 unspecified atom stereocenters. The normalized spacial score (nSPS) is 33.4. The van der Waals surface area contributed by atoms with Crippen molar-refractivity contribution >= 4 is 5.91 Å². The van der Waals surface area contributed by atoms with E-state index < -0.39 is 0 Å². The van der Waals surface area contributed by atoms with Gasteiger partial charge < -0.3 is 9.64 Å². The van der Waals surface area contributed by atoms with Gasteiger partial charge >= 0.3 is 0 Å². The minimum atomic E-state index is -0.00574. The number of ether oxygens (including phenoxy) is 1. The van der Waals surface area contributed by atoms with E-state index in [0.29, 0.717) is 5.92 Å². The molecule has 4 heteroatoms. The van der Waals surface area contributed by atoms with E-state index in [4.69, 9.17) is 4.74 Å². The van der Waals surface area contributed by atoms with Crippen molar-refractivity contribution in [3.63, 3.8) is 0 Å². The van der Waals surface area contributed by atoms with Crippen LogP contribution >= 0.6 is 0 Å². The Kier molecular flexibility index (Phi) is 4.85. The van der Waals surface area contributed by atoms with E-state index in [1.807, 2.05) is 4.90 Å². The fourth-order valence-electron chi connectivity index (χ4n) is 3.32. The SMILES string of the molecule is CCC1NC(CC(C)C)C(=O)N1C(C)C1CCCO1. The average Bonchev–Trinajstić information content (AvgIpc) is 2.97. The highest BCUT2D eigenvalue weighted by Gasteiger charge is 2.43. The van der Waals surface area contributed by atoms with Gasteiger partial charge in [-0.2, -0.15) is 0 Å². The molecule has 0 aromatic carbocycles. The third kappa shape index (κ3) is 3.11. The lowest BCUT2D eigenvalue weighted by atomic mass is 10.0. The van der Waals surface area contributed by atoms with Crippen molar-refractivity contribution in [3.8, 4) is 0 Å². The van der Waals surface area contributed by atoms with Crippen molar-refractivity contribution in [3.05, 3.63) is 0 Å². The second-order valence-electron chi connectivity index (χ2n) is 6.31. The van der Waals surface area contributed by atoms with E-state index in [0.717, 1.165) is 32.3 Å². The van der Waals surface area contributed by atoms with Crippen molar-refractivity contribution in [1.82, 2.24) is 10.2 Å². The van der Waals surface area contributed by atoms with Crippen LogP contribution in [0.25, 0.3) is 0 Å². The number of amides is 1. The summed E-state index contributed by atoms with van der Waals surface area (Å²) in [6.45, 7) is 9.45. The fraction of sp³-hybridized carbons (Fsp3) is 0.933. The number of nitrogens with zero attached hydrogens (tertiary/aromatic N) is 1. The summed E-state index contributed by atoms with van der Waals surface area (Å²) in [6.07, 6.45) is 4.47. The van der Waals surface area contributed by atoms with Crippen molar-refractivity contribution < 1.29 is 9.53 Å². The summed E-state index contributed by atoms with van der Waals surface area (Å²) in [7, 11) is 0. The lowest BCUT2D eigenvalue weighted by molar-refractivity contribution is -0.134. The molecule has 2 fully saturated rings. The van der Waals surface area contributed by atoms with Crippen LogP contribution in [0.4, 0.5) is 0 Å². The van der Waals surface area contributed by atoms with Gasteiger partial charge in [0.05, 0.1) is 24.4 Å². The second kappa shape index (κ2) is 6.23. The summed E-state index contributed by atoms with van der Waals surface area (Å²) in [5.74, 6) is 0.806. The predicted molar refractivity (Wildman–Crippen MR) is 75.7 cm³/mol. The molecule has 2 aliphatic heterocycles. The lowest BCUT2D eigenvalue weighted by Gasteiger charge is -2.33. The first-order valence-corrected chi connectivity index (χ1v) is 7.74. The van der Waals surface area contributed by atoms with Crippen LogP contribution in [-0.2, 0) is 9.53 Å². The smallest absolute Gasteiger partial charge is 0.241 e. The van der Waals surface area contributed by atoms with Gasteiger partial charge in [0.15, 0.2) is 0 Å². The van der Waals surface area contributed by atoms with E-state index >= 15 is 0 Å². The summed E-state index contributed by atoms with van der Waals surface area (Å²) in [5.41, 5.74) is 0. The molecule has 0 bridgehead atoms. The molecule has 4 nitrogen and oxygen atoms in total. The minimum absolute atomic E-state index is 0.00574. The number of carbonyl (C=O) groups is 1. The number of hydrogen-bond donors (Lipinski definition) is 1. The quantitative estimate of drug-likeness (QED) is 0.830. The Morgan fingerprint density at radius 3 is 2.68 bits per heavy atom. The number of rotatable bonds is 5. The summed E-state index contributed by atoms with van der Waals surface area (Å²) in [6, 6.07) is 0.179. The molecule has 110 valence electrons. The van der Waals surface area contributed by atoms with Gasteiger partial charge in [0.2, 0.25) is 5.91 Å². The molecule has 4 atom stereocenters. The Hall–Kier alpha value is -0.610. The van der Waals surface area contributed by atoms with Gasteiger partial charge in [0, 0.05) is 6.61 Å². The largest absolute Gasteiger partial charge is 0.376 e. The molecule has 0 aromatic rings. The van der Waals surface area contributed by atoms with Gasteiger partial charge in [-0.05, 0) is 38.5 Å². The molecule has 1 amide bonds. The van der Waals surface area contributed by atoms with Gasteiger partial charge in [-0.1, -0.05) is 20.8 Å². The zero-order valence-electron chi connectivity index (χ0n) is 12.7. The van der Waals surface area contributed by atoms with Gasteiger partial charge in [0.1, 0.15) is 0 Å². The van der Waals surface area contributed by atoms with Crippen LogP contribution in [-0.4, -0.2) is 41.8 Å². The van der Waals surface area contributed by atoms with Gasteiger partial charge in [-0.25, -0.2) is 0 Å². The highest BCUT2D eigenvalue weighted by Crippen LogP contribution is 2.26. The van der Waals surface area contributed by atoms with Crippen LogP contribution < -0.4 is 5.32 Å². The van der Waals surface area contributed by atoms with Crippen LogP contribution in [0.1, 0.15) is 53.4 Å². The van der Waals surface area contributed by atoms with Gasteiger partial charge in [0.25, 0.3) is 0 Å². The van der Waals surface area contributed by atoms with E-state index in [9.17, 15) is 4.79 Å². The van der Waals surface area contributed by atoms with Crippen LogP contribution in [0.3, 0.4) is 0 Å². The molecule has 0 radical (unpaired) electrons. The molecule has 0 saturated carbocycles. The maximum absolute atomic E-state index is 12.6. The maximum Gasteiger partial charge on any atom is 0.241 e. The Morgan fingerprint density at radius 2 is 2.16 bits per heavy atom. The van der Waals surface area contributed by atoms with Crippen LogP contribution in [0, 0.1) is 5.92 Å². The van der Waals surface area contributed by atoms with Crippen molar-refractivity contribution in [2.24, 2.45) is 5.92 Å². The maximum atomic E-state index is 12.6. The molecule has 2 heterocycles. The Bertz CT molecular complexity index is 313. The summed E-state index contributed by atoms with van der Waals surface area (Å²) in [4.78, 5) is 14.7. The van der Waals surface area contributed by atoms with Crippen LogP contribution in [0.15, 0.2) is 0 Å². The topological polar surface area (TPSA) is 41.6 Å². The molecule has 2 saturated heterocycles. The first-order chi connectivity index (χ1) is 9.04. The van der Waals surface area contributed by atoms with E-state index in [1.54, 1.807) is 0 Å². The third-order valence-corrected chi connectivity index (χ3v) is 4.32. The minimum Gasteiger partial charge on any atom is -0.376 e. The average molecular weight is 268 g/mol. The molecule has 0 aromatic heterocycles. The monoisotopic (exact) mass is 268 g/mol. The lowest BCUT2D eigenvalue weighted by Crippen LogP contribution is -2.48. The number of hydrogen-bond acceptors (Lipinski definition) is 3. The Balaban J connectivity index is 2.06. The molecular weight excluding hydrogens is 240 g/mol. The van der Waals surface area contributed by atoms with Crippen LogP contribution in [0.5, 0.6) is 0 Å². The Labute approximate surface area is 116 Å². The zero-order chi connectivity index (χ0) is 14.0. The highest BCUT2D eigenvalue weighted by molar-refractivity contribution is 5.84. The van der Waals surface area contributed by atoms with Crippen LogP contribution in [0.2, 0.25) is 0 Å². The molecular formula is C15H28N2O2. The zero-order valence-corrected chi connectivity index (χ0v) is 12.7. The number of carbonyl (C=O) groups excluding carboxylic acids is 1. The predicted octanol–water partition coefficient (Wildman–Crippen LogP) is 2.14. The van der Waals surface area contributed by atoms with E-state index in [1.165, 1.54) is 0 Å². The molecule has 19 heavy (non-hydrogen) atoms. The van der Waals surface area contributed by atoms with E-state index in [2.05, 4.69) is 33.0 Å². The summed E-state index contributed by atoms with van der Waals surface area (Å²) < 4.78 is 5.76. The highest BCUT2D eigenvalue weighted by atomic mass is 16.5. The first kappa shape index (κ1) is 14.8. The van der Waals surface area contributed by atoms with Crippen molar-refractivity contribution in [2.75, 3.05) is 6.61 Å². The summed E-state index contributed by atoms with van der Waals surface area (Å²) in [5, 5.41) is 3.50. The Morgan fingerprint density at radius 1 is 1.42 bits per heavy atom. The van der Waals surface area contributed by atoms with Gasteiger partial charge in [-0.15, -0.1) is 0 Å². The summed E-state index contributed by atoms with van der Waals surface area (Å²) >= 11 is 0. The standard InChI is InChI=1S/C15H28N2O2/c1-5-14-16-12(9-10(2)3)15(18)17(14)11(4)13-7-6-8-19-13/h10-14,16H,5-9H2,1-4H3. The molecule has 2 aliphatic rings. The molecule has 0 aliphatic carbocycles.